The first-order chi connectivity index (χ1) is 7.51. The van der Waals surface area contributed by atoms with Gasteiger partial charge in [-0.3, -0.25) is 0 Å². The Hall–Kier alpha value is -1.22. The maximum Gasteiger partial charge on any atom is 0.119 e. The first-order valence-corrected chi connectivity index (χ1v) is 5.55. The molecule has 0 fully saturated rings. The lowest BCUT2D eigenvalue weighted by Gasteiger charge is -2.34. The second kappa shape index (κ2) is 5.21. The van der Waals surface area contributed by atoms with E-state index in [1.54, 1.807) is 7.11 Å². The number of nitrogens with one attached hydrogen (secondary N) is 1. The molecule has 0 aliphatic heterocycles. The van der Waals surface area contributed by atoms with Crippen molar-refractivity contribution >= 4 is 5.69 Å². The Bertz CT molecular complexity index is 321. The minimum Gasteiger partial charge on any atom is -0.497 e. The molecule has 0 aromatic heterocycles. The van der Waals surface area contributed by atoms with E-state index in [9.17, 15) is 5.11 Å². The highest BCUT2D eigenvalue weighted by Crippen LogP contribution is 2.23. The number of anilines is 1. The summed E-state index contributed by atoms with van der Waals surface area (Å²) in [7, 11) is 1.65. The lowest BCUT2D eigenvalue weighted by molar-refractivity contribution is 0.186. The van der Waals surface area contributed by atoms with E-state index in [0.29, 0.717) is 5.92 Å². The fraction of sp³-hybridized carbons (Fsp3) is 0.538. The van der Waals surface area contributed by atoms with E-state index in [2.05, 4.69) is 19.2 Å². The van der Waals surface area contributed by atoms with Crippen LogP contribution in [0.4, 0.5) is 5.69 Å². The molecule has 1 aromatic rings. The molecule has 3 heteroatoms. The summed E-state index contributed by atoms with van der Waals surface area (Å²) >= 11 is 0. The molecule has 0 saturated carbocycles. The van der Waals surface area contributed by atoms with Gasteiger partial charge >= 0.3 is 0 Å². The average molecular weight is 223 g/mol. The Morgan fingerprint density at radius 3 is 2.25 bits per heavy atom. The van der Waals surface area contributed by atoms with E-state index in [1.807, 2.05) is 31.2 Å². The molecule has 3 nitrogen and oxygen atoms in total. The van der Waals surface area contributed by atoms with Crippen LogP contribution >= 0.6 is 0 Å². The van der Waals surface area contributed by atoms with Gasteiger partial charge in [0.1, 0.15) is 5.75 Å². The predicted octanol–water partition coefficient (Wildman–Crippen LogP) is 2.51. The van der Waals surface area contributed by atoms with Gasteiger partial charge in [-0.1, -0.05) is 13.8 Å². The molecule has 16 heavy (non-hydrogen) atoms. The van der Waals surface area contributed by atoms with Gasteiger partial charge in [0, 0.05) is 5.69 Å². The van der Waals surface area contributed by atoms with Gasteiger partial charge in [-0.2, -0.15) is 0 Å². The van der Waals surface area contributed by atoms with Crippen molar-refractivity contribution in [3.63, 3.8) is 0 Å². The molecule has 0 radical (unpaired) electrons. The molecule has 1 rings (SSSR count). The van der Waals surface area contributed by atoms with E-state index in [-0.39, 0.29) is 12.1 Å². The molecule has 0 spiro atoms. The molecule has 0 saturated heterocycles. The van der Waals surface area contributed by atoms with E-state index >= 15 is 0 Å². The van der Waals surface area contributed by atoms with Crippen LogP contribution in [0.5, 0.6) is 5.75 Å². The van der Waals surface area contributed by atoms with Crippen molar-refractivity contribution in [3.05, 3.63) is 24.3 Å². The fourth-order valence-electron chi connectivity index (χ4n) is 1.37. The maximum atomic E-state index is 9.43. The van der Waals surface area contributed by atoms with Gasteiger partial charge in [0.25, 0.3) is 0 Å². The van der Waals surface area contributed by atoms with Gasteiger partial charge in [-0.05, 0) is 37.1 Å². The molecule has 1 atom stereocenters. The Morgan fingerprint density at radius 1 is 1.31 bits per heavy atom. The monoisotopic (exact) mass is 223 g/mol. The van der Waals surface area contributed by atoms with Crippen molar-refractivity contribution < 1.29 is 9.84 Å². The Balaban J connectivity index is 2.78. The summed E-state index contributed by atoms with van der Waals surface area (Å²) in [4.78, 5) is 0. The third-order valence-corrected chi connectivity index (χ3v) is 3.12. The van der Waals surface area contributed by atoms with Gasteiger partial charge in [0.2, 0.25) is 0 Å². The Labute approximate surface area is 97.4 Å². The van der Waals surface area contributed by atoms with E-state index in [4.69, 9.17) is 4.74 Å². The van der Waals surface area contributed by atoms with Crippen LogP contribution in [-0.4, -0.2) is 24.4 Å². The molecule has 0 heterocycles. The molecular weight excluding hydrogens is 202 g/mol. The maximum absolute atomic E-state index is 9.43. The molecule has 1 aromatic carbocycles. The number of aliphatic hydroxyl groups is 1. The zero-order valence-electron chi connectivity index (χ0n) is 10.4. The quantitative estimate of drug-likeness (QED) is 0.806. The Kier molecular flexibility index (Phi) is 4.19. The zero-order valence-corrected chi connectivity index (χ0v) is 10.4. The highest BCUT2D eigenvalue weighted by Gasteiger charge is 2.26. The van der Waals surface area contributed by atoms with Crippen molar-refractivity contribution in [2.45, 2.75) is 26.3 Å². The van der Waals surface area contributed by atoms with Gasteiger partial charge in [0.05, 0.1) is 19.3 Å². The van der Waals surface area contributed by atoms with Crippen LogP contribution in [0.3, 0.4) is 0 Å². The van der Waals surface area contributed by atoms with Crippen LogP contribution in [0, 0.1) is 5.92 Å². The first-order valence-electron chi connectivity index (χ1n) is 5.55. The number of ether oxygens (including phenoxy) is 1. The SMILES string of the molecule is COc1ccc(NC(C)(CO)C(C)C)cc1. The van der Waals surface area contributed by atoms with Crippen LogP contribution in [0.2, 0.25) is 0 Å². The zero-order chi connectivity index (χ0) is 12.2. The van der Waals surface area contributed by atoms with Crippen LogP contribution in [0.1, 0.15) is 20.8 Å². The van der Waals surface area contributed by atoms with Crippen LogP contribution < -0.4 is 10.1 Å². The smallest absolute Gasteiger partial charge is 0.119 e. The second-order valence-corrected chi connectivity index (χ2v) is 4.58. The second-order valence-electron chi connectivity index (χ2n) is 4.58. The molecule has 1 unspecified atom stereocenters. The van der Waals surface area contributed by atoms with Gasteiger partial charge in [-0.15, -0.1) is 0 Å². The molecule has 0 aliphatic carbocycles. The van der Waals surface area contributed by atoms with Crippen LogP contribution in [0.15, 0.2) is 24.3 Å². The lowest BCUT2D eigenvalue weighted by atomic mass is 9.89. The number of aliphatic hydroxyl groups excluding tert-OH is 1. The number of hydrogen-bond donors (Lipinski definition) is 2. The molecule has 2 N–H and O–H groups in total. The summed E-state index contributed by atoms with van der Waals surface area (Å²) in [6.07, 6.45) is 0. The lowest BCUT2D eigenvalue weighted by Crippen LogP contribution is -2.43. The van der Waals surface area contributed by atoms with Gasteiger partial charge < -0.3 is 15.2 Å². The predicted molar refractivity (Wildman–Crippen MR) is 66.9 cm³/mol. The van der Waals surface area contributed by atoms with Crippen molar-refractivity contribution in [1.82, 2.24) is 0 Å². The topological polar surface area (TPSA) is 41.5 Å². The third-order valence-electron chi connectivity index (χ3n) is 3.12. The number of rotatable bonds is 5. The van der Waals surface area contributed by atoms with Crippen LogP contribution in [0.25, 0.3) is 0 Å². The minimum absolute atomic E-state index is 0.108. The summed E-state index contributed by atoms with van der Waals surface area (Å²) < 4.78 is 5.10. The van der Waals surface area contributed by atoms with Crippen molar-refractivity contribution in [1.29, 1.82) is 0 Å². The first kappa shape index (κ1) is 12.8. The van der Waals surface area contributed by atoms with E-state index in [1.165, 1.54) is 0 Å². The average Bonchev–Trinajstić information content (AvgIpc) is 2.29. The van der Waals surface area contributed by atoms with Crippen LogP contribution in [-0.2, 0) is 0 Å². The molecule has 0 aliphatic rings. The number of methoxy groups -OCH3 is 1. The minimum atomic E-state index is -0.297. The molecule has 90 valence electrons. The van der Waals surface area contributed by atoms with E-state index in [0.717, 1.165) is 11.4 Å². The highest BCUT2D eigenvalue weighted by atomic mass is 16.5. The largest absolute Gasteiger partial charge is 0.497 e. The summed E-state index contributed by atoms with van der Waals surface area (Å²) in [5.41, 5.74) is 0.695. The fourth-order valence-corrected chi connectivity index (χ4v) is 1.37. The molecule has 0 bridgehead atoms. The van der Waals surface area contributed by atoms with Gasteiger partial charge in [-0.25, -0.2) is 0 Å². The standard InChI is InChI=1S/C13H21NO2/c1-10(2)13(3,9-15)14-11-5-7-12(16-4)8-6-11/h5-8,10,14-15H,9H2,1-4H3. The van der Waals surface area contributed by atoms with E-state index < -0.39 is 0 Å². The third kappa shape index (κ3) is 2.89. The number of benzene rings is 1. The van der Waals surface area contributed by atoms with Crippen molar-refractivity contribution in [3.8, 4) is 5.75 Å². The summed E-state index contributed by atoms with van der Waals surface area (Å²) in [6, 6.07) is 7.71. The summed E-state index contributed by atoms with van der Waals surface area (Å²) in [6.45, 7) is 6.30. The molecular formula is C13H21NO2. The Morgan fingerprint density at radius 2 is 1.88 bits per heavy atom. The molecule has 0 amide bonds. The summed E-state index contributed by atoms with van der Waals surface area (Å²) in [5.74, 6) is 1.18. The van der Waals surface area contributed by atoms with Crippen molar-refractivity contribution in [2.75, 3.05) is 19.0 Å². The summed E-state index contributed by atoms with van der Waals surface area (Å²) in [5, 5.41) is 12.8. The normalized spacial score (nSPS) is 14.6. The van der Waals surface area contributed by atoms with Crippen molar-refractivity contribution in [2.24, 2.45) is 5.92 Å². The van der Waals surface area contributed by atoms with Gasteiger partial charge in [0.15, 0.2) is 0 Å². The highest BCUT2D eigenvalue weighted by molar-refractivity contribution is 5.48. The number of hydrogen-bond acceptors (Lipinski definition) is 3.